The second-order valence-corrected chi connectivity index (χ2v) is 9.24. The number of carbonyl (C=O) groups is 1. The number of benzene rings is 1. The number of fused-ring (bicyclic) bond motifs is 1. The molecule has 3 aromatic rings. The largest absolute Gasteiger partial charge is 0.351 e. The number of anilines is 2. The standard InChI is InChI=1S/C26H33N7O/c1-18(11-14-32(2)3)17-33(4)25(34)24-16-19-15-20(8-9-21(19)30-24)29-26-28-13-10-23(31-26)22-7-5-6-12-27-22/h7-10,12-13,15-16,18,30H,5-6,11,14,17H2,1-4H3,(H,28,29,31). The number of aromatic amines is 1. The lowest BCUT2D eigenvalue weighted by Crippen LogP contribution is -2.32. The summed E-state index contributed by atoms with van der Waals surface area (Å²) >= 11 is 0. The predicted molar refractivity (Wildman–Crippen MR) is 139 cm³/mol. The number of carbonyl (C=O) groups excluding carboxylic acids is 1. The Morgan fingerprint density at radius 2 is 2.03 bits per heavy atom. The predicted octanol–water partition coefficient (Wildman–Crippen LogP) is 4.57. The minimum Gasteiger partial charge on any atom is -0.351 e. The number of amides is 1. The maximum atomic E-state index is 13.0. The molecule has 8 nitrogen and oxygen atoms in total. The number of H-pyrrole nitrogens is 1. The van der Waals surface area contributed by atoms with Crippen LogP contribution in [-0.2, 0) is 0 Å². The van der Waals surface area contributed by atoms with Gasteiger partial charge in [-0.15, -0.1) is 0 Å². The molecule has 1 aliphatic heterocycles. The maximum Gasteiger partial charge on any atom is 0.270 e. The summed E-state index contributed by atoms with van der Waals surface area (Å²) in [5, 5.41) is 4.23. The molecule has 1 atom stereocenters. The Morgan fingerprint density at radius 3 is 2.79 bits per heavy atom. The zero-order valence-corrected chi connectivity index (χ0v) is 20.4. The molecule has 0 saturated heterocycles. The summed E-state index contributed by atoms with van der Waals surface area (Å²) in [5.41, 5.74) is 4.04. The zero-order chi connectivity index (χ0) is 24.1. The van der Waals surface area contributed by atoms with Crippen LogP contribution in [0.4, 0.5) is 11.6 Å². The van der Waals surface area contributed by atoms with Crippen LogP contribution in [0.25, 0.3) is 16.6 Å². The van der Waals surface area contributed by atoms with Gasteiger partial charge in [0.05, 0.1) is 11.4 Å². The van der Waals surface area contributed by atoms with Crippen LogP contribution in [0.5, 0.6) is 0 Å². The number of nitrogens with one attached hydrogen (secondary N) is 2. The first-order valence-electron chi connectivity index (χ1n) is 11.7. The van der Waals surface area contributed by atoms with Crippen LogP contribution in [0.1, 0.15) is 42.4 Å². The number of aromatic nitrogens is 3. The summed E-state index contributed by atoms with van der Waals surface area (Å²) in [6, 6.07) is 9.68. The Kier molecular flexibility index (Phi) is 7.37. The molecule has 34 heavy (non-hydrogen) atoms. The van der Waals surface area contributed by atoms with Crippen LogP contribution in [0, 0.1) is 5.92 Å². The van der Waals surface area contributed by atoms with E-state index in [0.717, 1.165) is 60.3 Å². The van der Waals surface area contributed by atoms with Gasteiger partial charge in [0.25, 0.3) is 5.91 Å². The summed E-state index contributed by atoms with van der Waals surface area (Å²) in [6.45, 7) is 3.93. The quantitative estimate of drug-likeness (QED) is 0.489. The third-order valence-electron chi connectivity index (χ3n) is 5.89. The average Bonchev–Trinajstić information content (AvgIpc) is 3.26. The van der Waals surface area contributed by atoms with Gasteiger partial charge in [-0.05, 0) is 76.2 Å². The first-order chi connectivity index (χ1) is 16.4. The molecular weight excluding hydrogens is 426 g/mol. The van der Waals surface area contributed by atoms with Gasteiger partial charge in [0.15, 0.2) is 0 Å². The highest BCUT2D eigenvalue weighted by molar-refractivity contribution is 5.98. The molecule has 0 aliphatic carbocycles. The SMILES string of the molecule is CC(CCN(C)C)CN(C)C(=O)c1cc2cc(Nc3nccc(C4=CCCC=N4)n3)ccc2[nH]1. The molecule has 1 amide bonds. The Morgan fingerprint density at radius 1 is 1.18 bits per heavy atom. The molecular formula is C26H33N7O. The highest BCUT2D eigenvalue weighted by atomic mass is 16.2. The molecule has 0 bridgehead atoms. The van der Waals surface area contributed by atoms with E-state index in [0.29, 0.717) is 17.6 Å². The minimum absolute atomic E-state index is 0.000224. The summed E-state index contributed by atoms with van der Waals surface area (Å²) in [7, 11) is 6.00. The Hall–Kier alpha value is -3.52. The van der Waals surface area contributed by atoms with Crippen molar-refractivity contribution in [3.63, 3.8) is 0 Å². The van der Waals surface area contributed by atoms with Gasteiger partial charge in [-0.3, -0.25) is 9.79 Å². The molecule has 0 saturated carbocycles. The van der Waals surface area contributed by atoms with Crippen LogP contribution in [0.2, 0.25) is 0 Å². The number of hydrogen-bond donors (Lipinski definition) is 2. The fourth-order valence-electron chi connectivity index (χ4n) is 4.02. The Balaban J connectivity index is 1.44. The first-order valence-corrected chi connectivity index (χ1v) is 11.7. The van der Waals surface area contributed by atoms with Gasteiger partial charge in [0.1, 0.15) is 5.69 Å². The molecule has 2 N–H and O–H groups in total. The third-order valence-corrected chi connectivity index (χ3v) is 5.89. The van der Waals surface area contributed by atoms with Gasteiger partial charge >= 0.3 is 0 Å². The lowest BCUT2D eigenvalue weighted by atomic mass is 10.1. The van der Waals surface area contributed by atoms with E-state index in [1.54, 1.807) is 11.1 Å². The van der Waals surface area contributed by atoms with E-state index < -0.39 is 0 Å². The van der Waals surface area contributed by atoms with Crippen LogP contribution >= 0.6 is 0 Å². The summed E-state index contributed by atoms with van der Waals surface area (Å²) in [4.78, 5) is 33.6. The molecule has 2 aromatic heterocycles. The number of nitrogens with zero attached hydrogens (tertiary/aromatic N) is 5. The van der Waals surface area contributed by atoms with Gasteiger partial charge in [0, 0.05) is 42.6 Å². The van der Waals surface area contributed by atoms with Crippen LogP contribution < -0.4 is 5.32 Å². The highest BCUT2D eigenvalue weighted by Gasteiger charge is 2.17. The fourth-order valence-corrected chi connectivity index (χ4v) is 4.02. The molecule has 8 heteroatoms. The number of hydrogen-bond acceptors (Lipinski definition) is 6. The molecule has 0 spiro atoms. The van der Waals surface area contributed by atoms with E-state index in [-0.39, 0.29) is 5.91 Å². The van der Waals surface area contributed by atoms with E-state index in [2.05, 4.69) is 57.3 Å². The van der Waals surface area contributed by atoms with Crippen LogP contribution in [0.3, 0.4) is 0 Å². The molecule has 1 aliphatic rings. The highest BCUT2D eigenvalue weighted by Crippen LogP contribution is 2.24. The van der Waals surface area contributed by atoms with Crippen molar-refractivity contribution in [1.29, 1.82) is 0 Å². The Bertz CT molecular complexity index is 1210. The second kappa shape index (κ2) is 10.6. The normalized spacial score (nSPS) is 14.3. The Labute approximate surface area is 200 Å². The third kappa shape index (κ3) is 5.88. The van der Waals surface area contributed by atoms with E-state index >= 15 is 0 Å². The zero-order valence-electron chi connectivity index (χ0n) is 20.4. The summed E-state index contributed by atoms with van der Waals surface area (Å²) < 4.78 is 0. The van der Waals surface area contributed by atoms with Crippen molar-refractivity contribution in [2.45, 2.75) is 26.2 Å². The van der Waals surface area contributed by atoms with Crippen molar-refractivity contribution in [1.82, 2.24) is 24.8 Å². The van der Waals surface area contributed by atoms with Crippen LogP contribution in [0.15, 0.2) is 47.6 Å². The van der Waals surface area contributed by atoms with E-state index in [1.165, 1.54) is 0 Å². The van der Waals surface area contributed by atoms with E-state index in [4.69, 9.17) is 0 Å². The number of rotatable bonds is 9. The fraction of sp³-hybridized carbons (Fsp3) is 0.385. The van der Waals surface area contributed by atoms with Crippen molar-refractivity contribution in [3.8, 4) is 0 Å². The molecule has 178 valence electrons. The van der Waals surface area contributed by atoms with Crippen LogP contribution in [-0.4, -0.2) is 71.1 Å². The van der Waals surface area contributed by atoms with Gasteiger partial charge in [0.2, 0.25) is 5.95 Å². The molecule has 1 unspecified atom stereocenters. The van der Waals surface area contributed by atoms with E-state index in [1.807, 2.05) is 43.6 Å². The maximum absolute atomic E-state index is 13.0. The van der Waals surface area contributed by atoms with Gasteiger partial charge < -0.3 is 20.1 Å². The molecule has 0 fully saturated rings. The lowest BCUT2D eigenvalue weighted by molar-refractivity contribution is 0.0767. The average molecular weight is 460 g/mol. The van der Waals surface area contributed by atoms with Gasteiger partial charge in [-0.2, -0.15) is 0 Å². The number of allylic oxidation sites excluding steroid dienone is 1. The number of aliphatic imine (C=N–C) groups is 1. The van der Waals surface area contributed by atoms with Crippen molar-refractivity contribution >= 4 is 40.4 Å². The minimum atomic E-state index is -0.000224. The summed E-state index contributed by atoms with van der Waals surface area (Å²) in [6.07, 6.45) is 8.74. The van der Waals surface area contributed by atoms with Gasteiger partial charge in [-0.25, -0.2) is 9.97 Å². The monoisotopic (exact) mass is 459 g/mol. The molecule has 1 aromatic carbocycles. The van der Waals surface area contributed by atoms with Crippen molar-refractivity contribution in [2.24, 2.45) is 10.9 Å². The topological polar surface area (TPSA) is 89.5 Å². The van der Waals surface area contributed by atoms with E-state index in [9.17, 15) is 4.79 Å². The molecule has 0 radical (unpaired) electrons. The first kappa shape index (κ1) is 23.6. The summed E-state index contributed by atoms with van der Waals surface area (Å²) in [5.74, 6) is 0.943. The van der Waals surface area contributed by atoms with Crippen molar-refractivity contribution in [2.75, 3.05) is 39.5 Å². The molecule has 4 rings (SSSR count). The lowest BCUT2D eigenvalue weighted by Gasteiger charge is -2.22. The van der Waals surface area contributed by atoms with Crippen molar-refractivity contribution in [3.05, 3.63) is 54.0 Å². The second-order valence-electron chi connectivity index (χ2n) is 9.24. The van der Waals surface area contributed by atoms with Gasteiger partial charge in [-0.1, -0.05) is 13.0 Å². The molecule has 3 heterocycles. The smallest absolute Gasteiger partial charge is 0.270 e. The van der Waals surface area contributed by atoms with Crippen molar-refractivity contribution < 1.29 is 4.79 Å².